The van der Waals surface area contributed by atoms with E-state index in [-0.39, 0.29) is 16.5 Å². The molecule has 28 heavy (non-hydrogen) atoms. The molecule has 1 atom stereocenters. The molecule has 7 nitrogen and oxygen atoms in total. The summed E-state index contributed by atoms with van der Waals surface area (Å²) in [6.45, 7) is 4.79. The summed E-state index contributed by atoms with van der Waals surface area (Å²) < 4.78 is 31.6. The van der Waals surface area contributed by atoms with E-state index in [0.29, 0.717) is 11.1 Å². The Hall–Kier alpha value is -3.00. The topological polar surface area (TPSA) is 102 Å². The summed E-state index contributed by atoms with van der Waals surface area (Å²) in [6.07, 6.45) is -0.972. The third-order valence-corrected chi connectivity index (χ3v) is 5.76. The monoisotopic (exact) mass is 400 g/mol. The van der Waals surface area contributed by atoms with E-state index in [4.69, 9.17) is 4.74 Å². The Morgan fingerprint density at radius 2 is 1.86 bits per heavy atom. The fraction of sp³-hybridized carbons (Fsp3) is 0.250. The molecule has 0 bridgehead atoms. The molecule has 1 N–H and O–H groups in total. The molecule has 0 radical (unpaired) electrons. The van der Waals surface area contributed by atoms with Crippen molar-refractivity contribution in [2.75, 3.05) is 6.54 Å². The molecule has 2 aromatic rings. The van der Waals surface area contributed by atoms with E-state index in [1.54, 1.807) is 24.3 Å². The van der Waals surface area contributed by atoms with E-state index in [1.807, 2.05) is 26.0 Å². The molecule has 2 aromatic carbocycles. The van der Waals surface area contributed by atoms with Crippen molar-refractivity contribution in [1.82, 2.24) is 4.72 Å². The van der Waals surface area contributed by atoms with Gasteiger partial charge in [0.05, 0.1) is 4.90 Å². The Bertz CT molecular complexity index is 1090. The van der Waals surface area contributed by atoms with Crippen molar-refractivity contribution in [2.24, 2.45) is 4.99 Å². The molecular formula is C20H20N2O5S. The van der Waals surface area contributed by atoms with Crippen molar-refractivity contribution in [3.63, 3.8) is 0 Å². The molecule has 3 rings (SSSR count). The summed E-state index contributed by atoms with van der Waals surface area (Å²) >= 11 is 0. The highest BCUT2D eigenvalue weighted by molar-refractivity contribution is 7.90. The van der Waals surface area contributed by atoms with Gasteiger partial charge >= 0.3 is 5.97 Å². The van der Waals surface area contributed by atoms with Gasteiger partial charge in [0.1, 0.15) is 12.4 Å². The summed E-state index contributed by atoms with van der Waals surface area (Å²) in [4.78, 5) is 28.8. The maximum Gasteiger partial charge on any atom is 0.328 e. The number of Topliss-reactive ketones (excluding diaryl/α,β-unsaturated/α-hetero) is 1. The van der Waals surface area contributed by atoms with Gasteiger partial charge in [-0.05, 0) is 44.5 Å². The third-order valence-electron chi connectivity index (χ3n) is 4.36. The number of aryl methyl sites for hydroxylation is 2. The number of carbonyl (C=O) groups is 2. The molecule has 0 fully saturated rings. The summed E-state index contributed by atoms with van der Waals surface area (Å²) in [5.41, 5.74) is 2.64. The van der Waals surface area contributed by atoms with Crippen LogP contribution in [-0.2, 0) is 19.6 Å². The Labute approximate surface area is 163 Å². The normalized spacial score (nSPS) is 16.9. The van der Waals surface area contributed by atoms with Crippen LogP contribution in [0.15, 0.2) is 52.4 Å². The van der Waals surface area contributed by atoms with E-state index in [0.717, 1.165) is 11.1 Å². The first-order valence-corrected chi connectivity index (χ1v) is 10.1. The smallest absolute Gasteiger partial charge is 0.328 e. The third kappa shape index (κ3) is 3.96. The molecule has 0 aromatic heterocycles. The number of ketones is 1. The van der Waals surface area contributed by atoms with E-state index in [2.05, 4.69) is 9.71 Å². The molecular weight excluding hydrogens is 380 g/mol. The van der Waals surface area contributed by atoms with Crippen LogP contribution in [0.2, 0.25) is 0 Å². The number of ether oxygens (including phenoxy) is 1. The molecule has 1 aliphatic heterocycles. The summed E-state index contributed by atoms with van der Waals surface area (Å²) in [5, 5.41) is 0. The van der Waals surface area contributed by atoms with Gasteiger partial charge in [-0.15, -0.1) is 0 Å². The number of sulfonamides is 1. The van der Waals surface area contributed by atoms with Gasteiger partial charge in [0.25, 0.3) is 10.0 Å². The van der Waals surface area contributed by atoms with E-state index in [1.165, 1.54) is 13.0 Å². The van der Waals surface area contributed by atoms with E-state index in [9.17, 15) is 18.0 Å². The number of rotatable bonds is 5. The minimum absolute atomic E-state index is 0.0843. The summed E-state index contributed by atoms with van der Waals surface area (Å²) in [6, 6.07) is 11.8. The van der Waals surface area contributed by atoms with Gasteiger partial charge in [0, 0.05) is 11.1 Å². The zero-order valence-corrected chi connectivity index (χ0v) is 16.5. The van der Waals surface area contributed by atoms with Crippen molar-refractivity contribution in [3.05, 3.63) is 64.7 Å². The molecule has 0 saturated carbocycles. The second-order valence-electron chi connectivity index (χ2n) is 6.58. The lowest BCUT2D eigenvalue weighted by atomic mass is 9.99. The first-order valence-electron chi connectivity index (χ1n) is 8.66. The Kier molecular flexibility index (Phi) is 5.33. The highest BCUT2D eigenvalue weighted by Gasteiger charge is 2.30. The Morgan fingerprint density at radius 1 is 1.14 bits per heavy atom. The van der Waals surface area contributed by atoms with E-state index < -0.39 is 28.6 Å². The van der Waals surface area contributed by atoms with Gasteiger partial charge in [-0.2, -0.15) is 0 Å². The highest BCUT2D eigenvalue weighted by Crippen LogP contribution is 2.22. The van der Waals surface area contributed by atoms with Crippen LogP contribution in [0.25, 0.3) is 0 Å². The highest BCUT2D eigenvalue weighted by atomic mass is 32.2. The van der Waals surface area contributed by atoms with Crippen molar-refractivity contribution in [2.45, 2.75) is 31.8 Å². The quantitative estimate of drug-likeness (QED) is 0.612. The maximum absolute atomic E-state index is 12.6. The molecule has 0 amide bonds. The number of amidine groups is 1. The summed E-state index contributed by atoms with van der Waals surface area (Å²) in [5.74, 6) is -0.933. The fourth-order valence-corrected chi connectivity index (χ4v) is 4.15. The van der Waals surface area contributed by atoms with Gasteiger partial charge < -0.3 is 4.74 Å². The molecule has 0 spiro atoms. The first kappa shape index (κ1) is 19.8. The lowest BCUT2D eigenvalue weighted by Crippen LogP contribution is -2.27. The fourth-order valence-electron chi connectivity index (χ4n) is 2.90. The molecule has 1 aliphatic rings. The molecule has 1 heterocycles. The van der Waals surface area contributed by atoms with Crippen LogP contribution in [0.4, 0.5) is 0 Å². The predicted molar refractivity (Wildman–Crippen MR) is 104 cm³/mol. The van der Waals surface area contributed by atoms with Crippen LogP contribution >= 0.6 is 0 Å². The maximum atomic E-state index is 12.6. The molecule has 0 unspecified atom stereocenters. The van der Waals surface area contributed by atoms with E-state index >= 15 is 0 Å². The van der Waals surface area contributed by atoms with Gasteiger partial charge in [0.15, 0.2) is 6.10 Å². The zero-order valence-electron chi connectivity index (χ0n) is 15.7. The number of aliphatic imine (C=N–C) groups is 1. The van der Waals surface area contributed by atoms with Crippen molar-refractivity contribution in [3.8, 4) is 0 Å². The van der Waals surface area contributed by atoms with Gasteiger partial charge in [0.2, 0.25) is 5.78 Å². The lowest BCUT2D eigenvalue weighted by Gasteiger charge is -2.13. The van der Waals surface area contributed by atoms with Gasteiger partial charge in [-0.1, -0.05) is 29.8 Å². The predicted octanol–water partition coefficient (Wildman–Crippen LogP) is 2.16. The number of hydrogen-bond donors (Lipinski definition) is 1. The van der Waals surface area contributed by atoms with Crippen molar-refractivity contribution < 1.29 is 22.7 Å². The second kappa shape index (κ2) is 7.55. The van der Waals surface area contributed by atoms with Gasteiger partial charge in [-0.3, -0.25) is 19.3 Å². The summed E-state index contributed by atoms with van der Waals surface area (Å²) in [7, 11) is -3.67. The number of fused-ring (bicyclic) bond motifs is 1. The molecule has 8 heteroatoms. The largest absolute Gasteiger partial charge is 0.453 e. The lowest BCUT2D eigenvalue weighted by molar-refractivity contribution is -0.144. The van der Waals surface area contributed by atoms with Crippen LogP contribution in [0.5, 0.6) is 0 Å². The van der Waals surface area contributed by atoms with Crippen LogP contribution in [-0.4, -0.2) is 38.7 Å². The SMILES string of the molecule is Cc1ccc(C)c(C(=O)[C@@H](C)OC(=O)CN=C2NS(=O)(=O)c3ccccc32)c1. The van der Waals surface area contributed by atoms with Crippen molar-refractivity contribution >= 4 is 27.6 Å². The van der Waals surface area contributed by atoms with Crippen LogP contribution in [0.3, 0.4) is 0 Å². The molecule has 146 valence electrons. The standard InChI is InChI=1S/C20H20N2O5S/c1-12-8-9-13(2)16(10-12)19(24)14(3)27-18(23)11-21-20-15-6-4-5-7-17(15)28(25,26)22-20/h4-10,14H,11H2,1-3H3,(H,21,22)/t14-/m1/s1. The zero-order chi connectivity index (χ0) is 20.5. The van der Waals surface area contributed by atoms with Crippen molar-refractivity contribution in [1.29, 1.82) is 0 Å². The molecule has 0 aliphatic carbocycles. The first-order chi connectivity index (χ1) is 13.2. The number of nitrogens with zero attached hydrogens (tertiary/aromatic N) is 1. The number of hydrogen-bond acceptors (Lipinski definition) is 6. The average molecular weight is 400 g/mol. The number of carbonyl (C=O) groups excluding carboxylic acids is 2. The Morgan fingerprint density at radius 3 is 2.61 bits per heavy atom. The number of esters is 1. The van der Waals surface area contributed by atoms with Crippen LogP contribution in [0.1, 0.15) is 34.0 Å². The Balaban J connectivity index is 1.69. The van der Waals surface area contributed by atoms with Crippen LogP contribution in [0, 0.1) is 13.8 Å². The average Bonchev–Trinajstić information content (AvgIpc) is 2.92. The number of nitrogens with one attached hydrogen (secondary N) is 1. The number of benzene rings is 2. The second-order valence-corrected chi connectivity index (χ2v) is 8.23. The van der Waals surface area contributed by atoms with Gasteiger partial charge in [-0.25, -0.2) is 8.42 Å². The van der Waals surface area contributed by atoms with Crippen LogP contribution < -0.4 is 4.72 Å². The minimum atomic E-state index is -3.67. The molecule has 0 saturated heterocycles. The minimum Gasteiger partial charge on any atom is -0.453 e.